The van der Waals surface area contributed by atoms with E-state index in [9.17, 15) is 0 Å². The van der Waals surface area contributed by atoms with Crippen LogP contribution in [0.4, 0.5) is 0 Å². The highest BCUT2D eigenvalue weighted by atomic mass is 15.0. The molecule has 0 unspecified atom stereocenters. The van der Waals surface area contributed by atoms with Crippen molar-refractivity contribution in [1.82, 2.24) is 14.9 Å². The first-order chi connectivity index (χ1) is 4.83. The van der Waals surface area contributed by atoms with Gasteiger partial charge in [-0.2, -0.15) is 0 Å². The molecule has 0 bridgehead atoms. The molecule has 0 aliphatic heterocycles. The second-order valence-electron chi connectivity index (χ2n) is 2.31. The summed E-state index contributed by atoms with van der Waals surface area (Å²) >= 11 is 0. The number of aromatic nitrogens is 2. The maximum atomic E-state index is 4.15. The molecule has 1 rings (SSSR count). The fourth-order valence-electron chi connectivity index (χ4n) is 0.811. The third kappa shape index (κ3) is 1.84. The Kier molecular flexibility index (Phi) is 2.45. The molecule has 0 atom stereocenters. The molecule has 0 spiro atoms. The van der Waals surface area contributed by atoms with Crippen molar-refractivity contribution in [2.24, 2.45) is 7.05 Å². The Hall–Kier alpha value is -0.830. The SMILES string of the molecule is CCNCc1cn(C)cn1. The molecule has 0 amide bonds. The summed E-state index contributed by atoms with van der Waals surface area (Å²) in [5.41, 5.74) is 1.10. The minimum absolute atomic E-state index is 0.872. The highest BCUT2D eigenvalue weighted by Gasteiger charge is 1.92. The fourth-order valence-corrected chi connectivity index (χ4v) is 0.811. The molecule has 1 N–H and O–H groups in total. The van der Waals surface area contributed by atoms with E-state index in [1.54, 1.807) is 0 Å². The van der Waals surface area contributed by atoms with Crippen molar-refractivity contribution in [2.75, 3.05) is 6.54 Å². The summed E-state index contributed by atoms with van der Waals surface area (Å²) in [6, 6.07) is 0. The van der Waals surface area contributed by atoms with E-state index >= 15 is 0 Å². The Balaban J connectivity index is 2.42. The van der Waals surface area contributed by atoms with Crippen molar-refractivity contribution >= 4 is 0 Å². The van der Waals surface area contributed by atoms with Crippen LogP contribution in [0.3, 0.4) is 0 Å². The summed E-state index contributed by atoms with van der Waals surface area (Å²) in [6.45, 7) is 3.96. The lowest BCUT2D eigenvalue weighted by Gasteiger charge is -1.94. The average Bonchev–Trinajstić information content (AvgIpc) is 2.31. The molecule has 56 valence electrons. The first-order valence-electron chi connectivity index (χ1n) is 3.50. The van der Waals surface area contributed by atoms with E-state index in [1.165, 1.54) is 0 Å². The standard InChI is InChI=1S/C7H13N3/c1-3-8-4-7-5-10(2)6-9-7/h5-6,8H,3-4H2,1-2H3. The van der Waals surface area contributed by atoms with Gasteiger partial charge in [-0.05, 0) is 6.54 Å². The number of nitrogens with one attached hydrogen (secondary N) is 1. The number of hydrogen-bond donors (Lipinski definition) is 1. The second-order valence-corrected chi connectivity index (χ2v) is 2.31. The van der Waals surface area contributed by atoms with Gasteiger partial charge >= 0.3 is 0 Å². The predicted octanol–water partition coefficient (Wildman–Crippen LogP) is 0.530. The topological polar surface area (TPSA) is 29.9 Å². The minimum atomic E-state index is 0.872. The van der Waals surface area contributed by atoms with E-state index < -0.39 is 0 Å². The molecule has 10 heavy (non-hydrogen) atoms. The second kappa shape index (κ2) is 3.37. The highest BCUT2D eigenvalue weighted by Crippen LogP contribution is 1.91. The zero-order valence-electron chi connectivity index (χ0n) is 6.46. The maximum absolute atomic E-state index is 4.15. The van der Waals surface area contributed by atoms with Crippen LogP contribution in [0, 0.1) is 0 Å². The van der Waals surface area contributed by atoms with Crippen LogP contribution in [0.25, 0.3) is 0 Å². The van der Waals surface area contributed by atoms with Gasteiger partial charge < -0.3 is 9.88 Å². The summed E-state index contributed by atoms with van der Waals surface area (Å²) in [6.07, 6.45) is 3.83. The number of rotatable bonds is 3. The van der Waals surface area contributed by atoms with Gasteiger partial charge in [0.2, 0.25) is 0 Å². The van der Waals surface area contributed by atoms with Gasteiger partial charge in [0.05, 0.1) is 12.0 Å². The Morgan fingerprint density at radius 3 is 3.00 bits per heavy atom. The normalized spacial score (nSPS) is 10.2. The van der Waals surface area contributed by atoms with Crippen LogP contribution >= 0.6 is 0 Å². The molecular weight excluding hydrogens is 126 g/mol. The zero-order chi connectivity index (χ0) is 7.40. The molecule has 0 aromatic carbocycles. The molecule has 0 fully saturated rings. The molecule has 0 aliphatic carbocycles. The monoisotopic (exact) mass is 139 g/mol. The lowest BCUT2D eigenvalue weighted by atomic mass is 10.5. The third-order valence-electron chi connectivity index (χ3n) is 1.31. The Labute approximate surface area is 61.1 Å². The minimum Gasteiger partial charge on any atom is -0.340 e. The molecule has 1 aromatic heterocycles. The first kappa shape index (κ1) is 7.28. The van der Waals surface area contributed by atoms with E-state index in [0.29, 0.717) is 0 Å². The van der Waals surface area contributed by atoms with Gasteiger partial charge in [-0.3, -0.25) is 0 Å². The van der Waals surface area contributed by atoms with Crippen molar-refractivity contribution < 1.29 is 0 Å². The Morgan fingerprint density at radius 1 is 1.70 bits per heavy atom. The fraction of sp³-hybridized carbons (Fsp3) is 0.571. The largest absolute Gasteiger partial charge is 0.340 e. The van der Waals surface area contributed by atoms with Crippen LogP contribution in [0.15, 0.2) is 12.5 Å². The van der Waals surface area contributed by atoms with Crippen LogP contribution < -0.4 is 5.32 Å². The van der Waals surface area contributed by atoms with Crippen molar-refractivity contribution in [1.29, 1.82) is 0 Å². The number of hydrogen-bond acceptors (Lipinski definition) is 2. The van der Waals surface area contributed by atoms with Crippen LogP contribution in [-0.2, 0) is 13.6 Å². The number of imidazole rings is 1. The number of aryl methyl sites for hydroxylation is 1. The lowest BCUT2D eigenvalue weighted by molar-refractivity contribution is 0.713. The average molecular weight is 139 g/mol. The van der Waals surface area contributed by atoms with Crippen LogP contribution in [-0.4, -0.2) is 16.1 Å². The highest BCUT2D eigenvalue weighted by molar-refractivity contribution is 4.94. The van der Waals surface area contributed by atoms with E-state index in [2.05, 4.69) is 17.2 Å². The van der Waals surface area contributed by atoms with Gasteiger partial charge in [-0.15, -0.1) is 0 Å². The predicted molar refractivity (Wildman–Crippen MR) is 40.6 cm³/mol. The van der Waals surface area contributed by atoms with Crippen molar-refractivity contribution in [3.63, 3.8) is 0 Å². The molecule has 1 heterocycles. The lowest BCUT2D eigenvalue weighted by Crippen LogP contribution is -2.11. The smallest absolute Gasteiger partial charge is 0.0947 e. The van der Waals surface area contributed by atoms with Crippen molar-refractivity contribution in [3.05, 3.63) is 18.2 Å². The Bertz CT molecular complexity index is 192. The van der Waals surface area contributed by atoms with Gasteiger partial charge in [-0.25, -0.2) is 4.98 Å². The number of nitrogens with zero attached hydrogens (tertiary/aromatic N) is 2. The summed E-state index contributed by atoms with van der Waals surface area (Å²) in [5, 5.41) is 3.20. The summed E-state index contributed by atoms with van der Waals surface area (Å²) in [4.78, 5) is 4.15. The van der Waals surface area contributed by atoms with Gasteiger partial charge in [0.25, 0.3) is 0 Å². The van der Waals surface area contributed by atoms with Crippen LogP contribution in [0.2, 0.25) is 0 Å². The first-order valence-corrected chi connectivity index (χ1v) is 3.50. The van der Waals surface area contributed by atoms with E-state index in [4.69, 9.17) is 0 Å². The van der Waals surface area contributed by atoms with Gasteiger partial charge in [0, 0.05) is 19.8 Å². The van der Waals surface area contributed by atoms with Gasteiger partial charge in [0.1, 0.15) is 0 Å². The van der Waals surface area contributed by atoms with Crippen molar-refractivity contribution in [3.8, 4) is 0 Å². The molecule has 0 aliphatic rings. The quantitative estimate of drug-likeness (QED) is 0.662. The summed E-state index contributed by atoms with van der Waals surface area (Å²) in [7, 11) is 1.97. The summed E-state index contributed by atoms with van der Waals surface area (Å²) < 4.78 is 1.95. The maximum Gasteiger partial charge on any atom is 0.0947 e. The molecule has 3 heteroatoms. The van der Waals surface area contributed by atoms with Gasteiger partial charge in [-0.1, -0.05) is 6.92 Å². The Morgan fingerprint density at radius 2 is 2.50 bits per heavy atom. The molecule has 0 saturated carbocycles. The van der Waals surface area contributed by atoms with E-state index in [0.717, 1.165) is 18.8 Å². The molecule has 3 nitrogen and oxygen atoms in total. The summed E-state index contributed by atoms with van der Waals surface area (Å²) in [5.74, 6) is 0. The van der Waals surface area contributed by atoms with Crippen LogP contribution in [0.1, 0.15) is 12.6 Å². The zero-order valence-corrected chi connectivity index (χ0v) is 6.46. The van der Waals surface area contributed by atoms with Crippen LogP contribution in [0.5, 0.6) is 0 Å². The molecule has 0 saturated heterocycles. The van der Waals surface area contributed by atoms with Gasteiger partial charge in [0.15, 0.2) is 0 Å². The van der Waals surface area contributed by atoms with E-state index in [-0.39, 0.29) is 0 Å². The van der Waals surface area contributed by atoms with E-state index in [1.807, 2.05) is 24.1 Å². The van der Waals surface area contributed by atoms with Crippen molar-refractivity contribution in [2.45, 2.75) is 13.5 Å². The molecule has 0 radical (unpaired) electrons. The molecular formula is C7H13N3. The third-order valence-corrected chi connectivity index (χ3v) is 1.31. The molecule has 1 aromatic rings.